The van der Waals surface area contributed by atoms with E-state index in [1.807, 2.05) is 0 Å². The topological polar surface area (TPSA) is 108 Å². The molecule has 0 aliphatic heterocycles. The zero-order valence-electron chi connectivity index (χ0n) is 10.2. The molecule has 3 N–H and O–H groups in total. The number of aromatic nitrogens is 4. The second kappa shape index (κ2) is 5.11. The smallest absolute Gasteiger partial charge is 0.280 e. The van der Waals surface area contributed by atoms with Crippen LogP contribution in [0.4, 0.5) is 11.6 Å². The lowest BCUT2D eigenvalue weighted by Gasteiger charge is -2.04. The molecule has 2 aromatic heterocycles. The number of methoxy groups -OCH3 is 1. The van der Waals surface area contributed by atoms with Crippen LogP contribution in [-0.2, 0) is 7.05 Å². The van der Waals surface area contributed by atoms with Gasteiger partial charge in [0.2, 0.25) is 11.8 Å². The van der Waals surface area contributed by atoms with E-state index in [-0.39, 0.29) is 28.4 Å². The summed E-state index contributed by atoms with van der Waals surface area (Å²) in [4.78, 5) is 19.7. The Morgan fingerprint density at radius 2 is 2.26 bits per heavy atom. The third-order valence-electron chi connectivity index (χ3n) is 2.18. The molecule has 19 heavy (non-hydrogen) atoms. The van der Waals surface area contributed by atoms with Gasteiger partial charge in [0.05, 0.1) is 12.8 Å². The van der Waals surface area contributed by atoms with Crippen molar-refractivity contribution in [3.05, 3.63) is 23.1 Å². The second-order valence-electron chi connectivity index (χ2n) is 3.62. The van der Waals surface area contributed by atoms with E-state index in [9.17, 15) is 4.79 Å². The highest BCUT2D eigenvalue weighted by molar-refractivity contribution is 6.29. The van der Waals surface area contributed by atoms with E-state index < -0.39 is 5.91 Å². The van der Waals surface area contributed by atoms with Gasteiger partial charge in [-0.2, -0.15) is 10.1 Å². The lowest BCUT2D eigenvalue weighted by molar-refractivity contribution is 0.102. The van der Waals surface area contributed by atoms with Crippen LogP contribution in [0.15, 0.2) is 12.3 Å². The molecule has 0 saturated carbocycles. The van der Waals surface area contributed by atoms with Crippen LogP contribution < -0.4 is 15.8 Å². The third kappa shape index (κ3) is 2.91. The van der Waals surface area contributed by atoms with Crippen molar-refractivity contribution in [2.75, 3.05) is 18.2 Å². The maximum Gasteiger partial charge on any atom is 0.280 e. The number of carbonyl (C=O) groups is 1. The Kier molecular flexibility index (Phi) is 3.52. The monoisotopic (exact) mass is 282 g/mol. The lowest BCUT2D eigenvalue weighted by atomic mass is 10.3. The van der Waals surface area contributed by atoms with Crippen LogP contribution in [0.1, 0.15) is 10.5 Å². The van der Waals surface area contributed by atoms with Gasteiger partial charge in [0.15, 0.2) is 5.69 Å². The maximum atomic E-state index is 11.9. The standard InChI is InChI=1S/C10H11ClN6O2/c1-17-4-5(12)8(16-17)9(18)15-10-13-6(11)3-7(14-10)19-2/h3-4H,12H2,1-2H3,(H,13,14,15,18). The lowest BCUT2D eigenvalue weighted by Crippen LogP contribution is -2.16. The zero-order valence-corrected chi connectivity index (χ0v) is 11.0. The summed E-state index contributed by atoms with van der Waals surface area (Å²) >= 11 is 5.77. The minimum absolute atomic E-state index is 0.0133. The van der Waals surface area contributed by atoms with Crippen LogP contribution in [-0.4, -0.2) is 32.8 Å². The van der Waals surface area contributed by atoms with Gasteiger partial charge < -0.3 is 10.5 Å². The summed E-state index contributed by atoms with van der Waals surface area (Å²) in [6.07, 6.45) is 1.52. The van der Waals surface area contributed by atoms with Gasteiger partial charge in [-0.05, 0) is 0 Å². The average Bonchev–Trinajstić information content (AvgIpc) is 2.67. The molecule has 1 amide bonds. The number of anilines is 2. The zero-order chi connectivity index (χ0) is 14.0. The number of nitrogen functional groups attached to an aromatic ring is 1. The Morgan fingerprint density at radius 1 is 1.53 bits per heavy atom. The Labute approximate surface area is 113 Å². The van der Waals surface area contributed by atoms with Crippen LogP contribution in [0.3, 0.4) is 0 Å². The van der Waals surface area contributed by atoms with Gasteiger partial charge in [0.1, 0.15) is 5.15 Å². The first-order chi connectivity index (χ1) is 8.99. The van der Waals surface area contributed by atoms with Crippen LogP contribution in [0.25, 0.3) is 0 Å². The number of hydrogen-bond acceptors (Lipinski definition) is 6. The number of nitrogens with two attached hydrogens (primary N) is 1. The van der Waals surface area contributed by atoms with Gasteiger partial charge in [-0.1, -0.05) is 11.6 Å². The maximum absolute atomic E-state index is 11.9. The molecule has 2 rings (SSSR count). The average molecular weight is 283 g/mol. The number of carbonyl (C=O) groups excluding carboxylic acids is 1. The predicted molar refractivity (Wildman–Crippen MR) is 69.2 cm³/mol. The van der Waals surface area contributed by atoms with Crippen LogP contribution in [0.5, 0.6) is 5.88 Å². The number of halogens is 1. The van der Waals surface area contributed by atoms with E-state index in [1.54, 1.807) is 7.05 Å². The summed E-state index contributed by atoms with van der Waals surface area (Å²) in [7, 11) is 3.09. The van der Waals surface area contributed by atoms with Crippen molar-refractivity contribution >= 4 is 29.1 Å². The van der Waals surface area contributed by atoms with E-state index in [4.69, 9.17) is 22.1 Å². The summed E-state index contributed by atoms with van der Waals surface area (Å²) in [6.45, 7) is 0. The molecule has 8 nitrogen and oxygen atoms in total. The minimum atomic E-state index is -0.526. The van der Waals surface area contributed by atoms with E-state index in [0.29, 0.717) is 0 Å². The quantitative estimate of drug-likeness (QED) is 0.803. The van der Waals surface area contributed by atoms with Crippen molar-refractivity contribution in [2.45, 2.75) is 0 Å². The fraction of sp³-hybridized carbons (Fsp3) is 0.200. The van der Waals surface area contributed by atoms with Crippen molar-refractivity contribution in [3.63, 3.8) is 0 Å². The van der Waals surface area contributed by atoms with E-state index >= 15 is 0 Å². The number of nitrogens with zero attached hydrogens (tertiary/aromatic N) is 4. The van der Waals surface area contributed by atoms with E-state index in [2.05, 4.69) is 20.4 Å². The van der Waals surface area contributed by atoms with E-state index in [1.165, 1.54) is 24.1 Å². The Bertz CT molecular complexity index is 626. The molecule has 0 spiro atoms. The molecule has 2 aromatic rings. The van der Waals surface area contributed by atoms with Crippen molar-refractivity contribution in [3.8, 4) is 5.88 Å². The van der Waals surface area contributed by atoms with Crippen molar-refractivity contribution in [1.29, 1.82) is 0 Å². The van der Waals surface area contributed by atoms with E-state index in [0.717, 1.165) is 0 Å². The van der Waals surface area contributed by atoms with Gasteiger partial charge in [-0.15, -0.1) is 0 Å². The predicted octanol–water partition coefficient (Wildman–Crippen LogP) is 0.707. The van der Waals surface area contributed by atoms with Gasteiger partial charge in [0, 0.05) is 19.3 Å². The molecule has 0 unspecified atom stereocenters. The van der Waals surface area contributed by atoms with Crippen LogP contribution in [0.2, 0.25) is 5.15 Å². The normalized spacial score (nSPS) is 10.3. The SMILES string of the molecule is COc1cc(Cl)nc(NC(=O)c2nn(C)cc2N)n1. The van der Waals surface area contributed by atoms with Crippen LogP contribution >= 0.6 is 11.6 Å². The number of amides is 1. The van der Waals surface area contributed by atoms with Crippen molar-refractivity contribution in [2.24, 2.45) is 7.05 Å². The Hall–Kier alpha value is -2.35. The van der Waals surface area contributed by atoms with Crippen LogP contribution in [0, 0.1) is 0 Å². The molecule has 0 saturated heterocycles. The third-order valence-corrected chi connectivity index (χ3v) is 2.37. The summed E-state index contributed by atoms with van der Waals surface area (Å²) in [5, 5.41) is 6.53. The summed E-state index contributed by atoms with van der Waals surface area (Å²) < 4.78 is 6.35. The van der Waals surface area contributed by atoms with Gasteiger partial charge in [-0.3, -0.25) is 14.8 Å². The fourth-order valence-corrected chi connectivity index (χ4v) is 1.57. The number of rotatable bonds is 3. The molecule has 0 radical (unpaired) electrons. The molecule has 0 atom stereocenters. The Balaban J connectivity index is 2.23. The van der Waals surface area contributed by atoms with Crippen molar-refractivity contribution in [1.82, 2.24) is 19.7 Å². The number of aryl methyl sites for hydroxylation is 1. The largest absolute Gasteiger partial charge is 0.481 e. The molecule has 9 heteroatoms. The number of ether oxygens (including phenoxy) is 1. The van der Waals surface area contributed by atoms with Gasteiger partial charge in [0.25, 0.3) is 5.91 Å². The molecule has 0 aliphatic carbocycles. The molecule has 100 valence electrons. The molecule has 0 bridgehead atoms. The molecule has 0 aromatic carbocycles. The molecule has 0 aliphatic rings. The first-order valence-corrected chi connectivity index (χ1v) is 5.56. The number of nitrogens with one attached hydrogen (secondary N) is 1. The van der Waals surface area contributed by atoms with Crippen molar-refractivity contribution < 1.29 is 9.53 Å². The molecule has 0 fully saturated rings. The summed E-state index contributed by atoms with van der Waals surface area (Å²) in [5.41, 5.74) is 5.99. The number of hydrogen-bond donors (Lipinski definition) is 2. The molecule has 2 heterocycles. The first kappa shape index (κ1) is 13.1. The van der Waals surface area contributed by atoms with Gasteiger partial charge in [-0.25, -0.2) is 4.98 Å². The highest BCUT2D eigenvalue weighted by atomic mass is 35.5. The fourth-order valence-electron chi connectivity index (χ4n) is 1.40. The highest BCUT2D eigenvalue weighted by Crippen LogP contribution is 2.17. The highest BCUT2D eigenvalue weighted by Gasteiger charge is 2.16. The minimum Gasteiger partial charge on any atom is -0.481 e. The molecular formula is C10H11ClN6O2. The summed E-state index contributed by atoms with van der Waals surface area (Å²) in [6, 6.07) is 1.42. The second-order valence-corrected chi connectivity index (χ2v) is 4.00. The van der Waals surface area contributed by atoms with Gasteiger partial charge >= 0.3 is 0 Å². The Morgan fingerprint density at radius 3 is 2.84 bits per heavy atom. The summed E-state index contributed by atoms with van der Waals surface area (Å²) in [5.74, 6) is -0.272. The molecular weight excluding hydrogens is 272 g/mol. The first-order valence-electron chi connectivity index (χ1n) is 5.18.